The van der Waals surface area contributed by atoms with Crippen LogP contribution in [0.5, 0.6) is 0 Å². The average molecular weight is 222 g/mol. The van der Waals surface area contributed by atoms with Crippen LogP contribution >= 0.6 is 0 Å². The van der Waals surface area contributed by atoms with E-state index in [1.165, 1.54) is 25.7 Å². The second kappa shape index (κ2) is 4.17. The highest BCUT2D eigenvalue weighted by atomic mass is 15.4. The number of hydrogen-bond donors (Lipinski definition) is 1. The Bertz CT molecular complexity index is 356. The molecule has 90 valence electrons. The molecule has 0 radical (unpaired) electrons. The Morgan fingerprint density at radius 2 is 2.25 bits per heavy atom. The molecule has 16 heavy (non-hydrogen) atoms. The van der Waals surface area contributed by atoms with Crippen molar-refractivity contribution in [3.8, 4) is 0 Å². The molecule has 1 fully saturated rings. The number of rotatable bonds is 2. The molecular formula is C12H22N4. The van der Waals surface area contributed by atoms with E-state index >= 15 is 0 Å². The predicted molar refractivity (Wildman–Crippen MR) is 63.7 cm³/mol. The van der Waals surface area contributed by atoms with Crippen LogP contribution < -0.4 is 5.73 Å². The van der Waals surface area contributed by atoms with Gasteiger partial charge < -0.3 is 5.73 Å². The lowest BCUT2D eigenvalue weighted by Gasteiger charge is -2.41. The van der Waals surface area contributed by atoms with Crippen molar-refractivity contribution in [2.45, 2.75) is 45.6 Å². The summed E-state index contributed by atoms with van der Waals surface area (Å²) in [6, 6.07) is 0.0651. The Labute approximate surface area is 97.2 Å². The van der Waals surface area contributed by atoms with Crippen molar-refractivity contribution in [2.24, 2.45) is 24.1 Å². The molecule has 1 saturated carbocycles. The standard InChI is InChI=1S/C12H22N4/c1-12(2)7-5-4-6-9(12)11(13)10-8-14-15-16(10)3/h8-9,11H,4-7,13H2,1-3H3. The van der Waals surface area contributed by atoms with E-state index in [-0.39, 0.29) is 6.04 Å². The summed E-state index contributed by atoms with van der Waals surface area (Å²) in [4.78, 5) is 0. The van der Waals surface area contributed by atoms with Crippen LogP contribution in [-0.2, 0) is 7.05 Å². The maximum absolute atomic E-state index is 6.39. The summed E-state index contributed by atoms with van der Waals surface area (Å²) in [5, 5.41) is 7.89. The Balaban J connectivity index is 2.20. The number of nitrogens with zero attached hydrogens (tertiary/aromatic N) is 3. The zero-order chi connectivity index (χ0) is 11.8. The largest absolute Gasteiger partial charge is 0.322 e. The van der Waals surface area contributed by atoms with Crippen LogP contribution in [0.1, 0.15) is 51.3 Å². The Morgan fingerprint density at radius 3 is 2.81 bits per heavy atom. The highest BCUT2D eigenvalue weighted by Crippen LogP contribution is 2.45. The fraction of sp³-hybridized carbons (Fsp3) is 0.833. The van der Waals surface area contributed by atoms with Crippen LogP contribution in [0.3, 0.4) is 0 Å². The maximum atomic E-state index is 6.39. The first kappa shape index (κ1) is 11.6. The lowest BCUT2D eigenvalue weighted by Crippen LogP contribution is -2.37. The second-order valence-electron chi connectivity index (χ2n) is 5.65. The van der Waals surface area contributed by atoms with E-state index in [1.807, 2.05) is 7.05 Å². The minimum atomic E-state index is 0.0651. The monoisotopic (exact) mass is 222 g/mol. The van der Waals surface area contributed by atoms with E-state index in [0.29, 0.717) is 11.3 Å². The van der Waals surface area contributed by atoms with Gasteiger partial charge in [-0.3, -0.25) is 4.68 Å². The molecule has 0 aliphatic heterocycles. The quantitative estimate of drug-likeness (QED) is 0.833. The van der Waals surface area contributed by atoms with Crippen molar-refractivity contribution >= 4 is 0 Å². The zero-order valence-corrected chi connectivity index (χ0v) is 10.5. The molecule has 2 rings (SSSR count). The fourth-order valence-electron chi connectivity index (χ4n) is 2.99. The van der Waals surface area contributed by atoms with E-state index in [1.54, 1.807) is 10.9 Å². The molecule has 2 N–H and O–H groups in total. The van der Waals surface area contributed by atoms with E-state index < -0.39 is 0 Å². The van der Waals surface area contributed by atoms with Gasteiger partial charge in [0.25, 0.3) is 0 Å². The van der Waals surface area contributed by atoms with Gasteiger partial charge in [-0.15, -0.1) is 5.10 Å². The molecule has 4 nitrogen and oxygen atoms in total. The molecule has 2 unspecified atom stereocenters. The van der Waals surface area contributed by atoms with Crippen LogP contribution in [-0.4, -0.2) is 15.0 Å². The Kier molecular flexibility index (Phi) is 3.02. The van der Waals surface area contributed by atoms with Crippen molar-refractivity contribution in [2.75, 3.05) is 0 Å². The first-order valence-electron chi connectivity index (χ1n) is 6.12. The number of hydrogen-bond acceptors (Lipinski definition) is 3. The van der Waals surface area contributed by atoms with Crippen LogP contribution in [0.25, 0.3) is 0 Å². The molecule has 4 heteroatoms. The topological polar surface area (TPSA) is 56.7 Å². The van der Waals surface area contributed by atoms with Crippen LogP contribution in [0, 0.1) is 11.3 Å². The van der Waals surface area contributed by atoms with Crippen molar-refractivity contribution in [3.05, 3.63) is 11.9 Å². The highest BCUT2D eigenvalue weighted by molar-refractivity contribution is 5.05. The lowest BCUT2D eigenvalue weighted by molar-refractivity contribution is 0.110. The first-order valence-corrected chi connectivity index (χ1v) is 6.12. The zero-order valence-electron chi connectivity index (χ0n) is 10.5. The van der Waals surface area contributed by atoms with Crippen molar-refractivity contribution < 1.29 is 0 Å². The SMILES string of the molecule is Cn1nncc1C(N)C1CCCCC1(C)C. The Morgan fingerprint density at radius 1 is 1.50 bits per heavy atom. The van der Waals surface area contributed by atoms with E-state index in [2.05, 4.69) is 24.2 Å². The maximum Gasteiger partial charge on any atom is 0.0754 e. The van der Waals surface area contributed by atoms with Gasteiger partial charge in [0, 0.05) is 7.05 Å². The number of aromatic nitrogens is 3. The number of nitrogens with two attached hydrogens (primary N) is 1. The normalized spacial score (nSPS) is 26.6. The van der Waals surface area contributed by atoms with E-state index in [0.717, 1.165) is 5.69 Å². The van der Waals surface area contributed by atoms with E-state index in [9.17, 15) is 0 Å². The molecule has 0 aromatic carbocycles. The molecule has 0 saturated heterocycles. The summed E-state index contributed by atoms with van der Waals surface area (Å²) in [6.07, 6.45) is 6.93. The van der Waals surface area contributed by atoms with Crippen molar-refractivity contribution in [3.63, 3.8) is 0 Å². The van der Waals surface area contributed by atoms with Crippen molar-refractivity contribution in [1.82, 2.24) is 15.0 Å². The van der Waals surface area contributed by atoms with E-state index in [4.69, 9.17) is 5.73 Å². The van der Waals surface area contributed by atoms with Gasteiger partial charge in [0.05, 0.1) is 17.9 Å². The van der Waals surface area contributed by atoms with Crippen LogP contribution in [0.15, 0.2) is 6.20 Å². The van der Waals surface area contributed by atoms with Crippen LogP contribution in [0.4, 0.5) is 0 Å². The highest BCUT2D eigenvalue weighted by Gasteiger charge is 2.37. The first-order chi connectivity index (χ1) is 7.52. The third-order valence-corrected chi connectivity index (χ3v) is 4.11. The molecule has 1 aromatic heterocycles. The molecule has 1 aliphatic carbocycles. The molecule has 2 atom stereocenters. The van der Waals surface area contributed by atoms with Crippen molar-refractivity contribution in [1.29, 1.82) is 0 Å². The van der Waals surface area contributed by atoms with Gasteiger partial charge in [-0.25, -0.2) is 0 Å². The Hall–Kier alpha value is -0.900. The van der Waals surface area contributed by atoms with Gasteiger partial charge in [-0.05, 0) is 24.2 Å². The van der Waals surface area contributed by atoms with Gasteiger partial charge in [0.2, 0.25) is 0 Å². The molecule has 1 aliphatic rings. The summed E-state index contributed by atoms with van der Waals surface area (Å²) >= 11 is 0. The third kappa shape index (κ3) is 1.98. The average Bonchev–Trinajstić information content (AvgIpc) is 2.63. The molecule has 1 heterocycles. The third-order valence-electron chi connectivity index (χ3n) is 4.11. The molecule has 1 aromatic rings. The molecule has 0 amide bonds. The predicted octanol–water partition coefficient (Wildman–Crippen LogP) is 2.03. The molecule has 0 bridgehead atoms. The number of aryl methyl sites for hydroxylation is 1. The fourth-order valence-corrected chi connectivity index (χ4v) is 2.99. The van der Waals surface area contributed by atoms with Gasteiger partial charge in [0.15, 0.2) is 0 Å². The van der Waals surface area contributed by atoms with Gasteiger partial charge in [-0.2, -0.15) is 0 Å². The summed E-state index contributed by atoms with van der Waals surface area (Å²) in [6.45, 7) is 4.67. The van der Waals surface area contributed by atoms with Gasteiger partial charge in [0.1, 0.15) is 0 Å². The van der Waals surface area contributed by atoms with Gasteiger partial charge in [-0.1, -0.05) is 31.9 Å². The summed E-state index contributed by atoms with van der Waals surface area (Å²) < 4.78 is 1.80. The minimum absolute atomic E-state index is 0.0651. The molecular weight excluding hydrogens is 200 g/mol. The minimum Gasteiger partial charge on any atom is -0.322 e. The summed E-state index contributed by atoms with van der Waals surface area (Å²) in [5.41, 5.74) is 7.78. The lowest BCUT2D eigenvalue weighted by atomic mass is 9.65. The second-order valence-corrected chi connectivity index (χ2v) is 5.65. The molecule has 0 spiro atoms. The van der Waals surface area contributed by atoms with Gasteiger partial charge >= 0.3 is 0 Å². The summed E-state index contributed by atoms with van der Waals surface area (Å²) in [5.74, 6) is 0.540. The smallest absolute Gasteiger partial charge is 0.0754 e. The van der Waals surface area contributed by atoms with Crippen LogP contribution in [0.2, 0.25) is 0 Å². The summed E-state index contributed by atoms with van der Waals surface area (Å²) in [7, 11) is 1.91.